The van der Waals surface area contributed by atoms with Gasteiger partial charge in [-0.05, 0) is 48.6 Å². The summed E-state index contributed by atoms with van der Waals surface area (Å²) in [6.07, 6.45) is 2.70. The molecule has 26 heavy (non-hydrogen) atoms. The molecule has 0 N–H and O–H groups in total. The van der Waals surface area contributed by atoms with Crippen molar-refractivity contribution >= 4 is 44.9 Å². The van der Waals surface area contributed by atoms with E-state index in [1.807, 2.05) is 30.3 Å². The van der Waals surface area contributed by atoms with E-state index in [0.29, 0.717) is 18.4 Å². The van der Waals surface area contributed by atoms with E-state index < -0.39 is 10.9 Å². The minimum atomic E-state index is -1.09. The number of carboxylic acid groups (broad SMARTS) is 1. The van der Waals surface area contributed by atoms with Crippen LogP contribution in [0.5, 0.6) is 0 Å². The van der Waals surface area contributed by atoms with Crippen LogP contribution >= 0.6 is 11.3 Å². The van der Waals surface area contributed by atoms with Crippen LogP contribution in [0.3, 0.4) is 0 Å². The van der Waals surface area contributed by atoms with E-state index in [2.05, 4.69) is 4.98 Å². The number of nitrogens with zero attached hydrogens (tertiary/aromatic N) is 2. The Bertz CT molecular complexity index is 961. The first-order valence-corrected chi connectivity index (χ1v) is 8.85. The Balaban J connectivity index is 1.98. The second kappa shape index (κ2) is 7.88. The van der Waals surface area contributed by atoms with Gasteiger partial charge in [0.05, 0.1) is 15.1 Å². The number of para-hydroxylation sites is 1. The molecule has 0 saturated heterocycles. The summed E-state index contributed by atoms with van der Waals surface area (Å²) in [6.45, 7) is 0. The minimum Gasteiger partial charge on any atom is -0.550 e. The number of aliphatic carboxylic acids is 1. The van der Waals surface area contributed by atoms with Gasteiger partial charge in [0.2, 0.25) is 0 Å². The Morgan fingerprint density at radius 1 is 1.15 bits per heavy atom. The summed E-state index contributed by atoms with van der Waals surface area (Å²) in [5.41, 5.74) is 2.42. The maximum Gasteiger partial charge on any atom is 0.270 e. The number of hydrogen-bond acceptors (Lipinski definition) is 6. The van der Waals surface area contributed by atoms with E-state index in [-0.39, 0.29) is 12.1 Å². The van der Waals surface area contributed by atoms with Crippen LogP contribution in [-0.4, -0.2) is 15.9 Å². The van der Waals surface area contributed by atoms with Crippen LogP contribution in [-0.2, 0) is 4.79 Å². The molecule has 1 heterocycles. The standard InChI is InChI=1S/C19H16N2O4S/c22-18(23)10-4-6-14(11-13-5-3-7-15(12-13)21(24)25)19-20-16-8-1-2-9-17(16)26-19/h1-3,5,7-9,11-12H,4,6,10H2,(H,22,23)/p-1/b14-11+. The number of hydrogen-bond donors (Lipinski definition) is 0. The van der Waals surface area contributed by atoms with Gasteiger partial charge in [0.25, 0.3) is 5.69 Å². The first-order valence-electron chi connectivity index (χ1n) is 8.04. The predicted molar refractivity (Wildman–Crippen MR) is 99.4 cm³/mol. The molecule has 0 fully saturated rings. The number of nitro groups is 1. The van der Waals surface area contributed by atoms with Crippen molar-refractivity contribution in [3.8, 4) is 0 Å². The predicted octanol–water partition coefficient (Wildman–Crippen LogP) is 3.67. The SMILES string of the molecule is O=C([O-])CCC/C(=C\c1cccc([N+](=O)[O-])c1)c1nc2ccccc2s1. The summed E-state index contributed by atoms with van der Waals surface area (Å²) in [5.74, 6) is -1.09. The fraction of sp³-hybridized carbons (Fsp3) is 0.158. The molecule has 0 bridgehead atoms. The van der Waals surface area contributed by atoms with E-state index in [1.54, 1.807) is 12.1 Å². The van der Waals surface area contributed by atoms with Gasteiger partial charge in [0.1, 0.15) is 5.01 Å². The number of carboxylic acids is 1. The van der Waals surface area contributed by atoms with Gasteiger partial charge >= 0.3 is 0 Å². The van der Waals surface area contributed by atoms with Crippen LogP contribution in [0.25, 0.3) is 21.9 Å². The average molecular weight is 367 g/mol. The van der Waals surface area contributed by atoms with Gasteiger partial charge in [-0.25, -0.2) is 4.98 Å². The zero-order valence-electron chi connectivity index (χ0n) is 13.8. The lowest BCUT2D eigenvalue weighted by atomic mass is 10.0. The Labute approximate surface area is 153 Å². The van der Waals surface area contributed by atoms with Crippen molar-refractivity contribution < 1.29 is 14.8 Å². The minimum absolute atomic E-state index is 0.0112. The lowest BCUT2D eigenvalue weighted by Gasteiger charge is -2.06. The molecule has 0 amide bonds. The Kier molecular flexibility index (Phi) is 5.38. The highest BCUT2D eigenvalue weighted by Gasteiger charge is 2.11. The summed E-state index contributed by atoms with van der Waals surface area (Å²) in [5, 5.41) is 22.5. The number of benzene rings is 2. The van der Waals surface area contributed by atoms with Crippen molar-refractivity contribution in [2.75, 3.05) is 0 Å². The molecule has 3 aromatic rings. The number of rotatable bonds is 7. The molecule has 0 aliphatic carbocycles. The second-order valence-corrected chi connectivity index (χ2v) is 6.76. The lowest BCUT2D eigenvalue weighted by Crippen LogP contribution is -2.21. The van der Waals surface area contributed by atoms with Gasteiger partial charge < -0.3 is 9.90 Å². The number of aromatic nitrogens is 1. The first kappa shape index (κ1) is 17.8. The van der Waals surface area contributed by atoms with E-state index in [1.165, 1.54) is 23.5 Å². The third kappa shape index (κ3) is 4.31. The molecular formula is C19H15N2O4S-. The number of allylic oxidation sites excluding steroid dienone is 1. The van der Waals surface area contributed by atoms with Gasteiger partial charge in [-0.3, -0.25) is 10.1 Å². The molecule has 0 spiro atoms. The molecule has 0 radical (unpaired) electrons. The maximum atomic E-state index is 11.0. The van der Waals surface area contributed by atoms with Gasteiger partial charge in [-0.2, -0.15) is 0 Å². The molecule has 0 aliphatic rings. The highest BCUT2D eigenvalue weighted by molar-refractivity contribution is 7.19. The zero-order chi connectivity index (χ0) is 18.5. The van der Waals surface area contributed by atoms with Crippen molar-refractivity contribution in [1.82, 2.24) is 4.98 Å². The smallest absolute Gasteiger partial charge is 0.270 e. The molecule has 2 aromatic carbocycles. The first-order chi connectivity index (χ1) is 12.5. The van der Waals surface area contributed by atoms with Crippen molar-refractivity contribution in [2.45, 2.75) is 19.3 Å². The number of carbonyl (C=O) groups is 1. The van der Waals surface area contributed by atoms with Crippen LogP contribution in [0, 0.1) is 10.1 Å². The van der Waals surface area contributed by atoms with Crippen LogP contribution in [0.15, 0.2) is 48.5 Å². The molecular weight excluding hydrogens is 352 g/mol. The molecule has 132 valence electrons. The Morgan fingerprint density at radius 3 is 2.69 bits per heavy atom. The summed E-state index contributed by atoms with van der Waals surface area (Å²) in [6, 6.07) is 14.1. The fourth-order valence-corrected chi connectivity index (χ4v) is 3.61. The number of fused-ring (bicyclic) bond motifs is 1. The highest BCUT2D eigenvalue weighted by Crippen LogP contribution is 2.31. The summed E-state index contributed by atoms with van der Waals surface area (Å²) in [7, 11) is 0. The maximum absolute atomic E-state index is 11.0. The molecule has 0 atom stereocenters. The van der Waals surface area contributed by atoms with Crippen molar-refractivity contribution in [3.05, 3.63) is 69.2 Å². The molecule has 1 aromatic heterocycles. The van der Waals surface area contributed by atoms with Gasteiger partial charge in [0.15, 0.2) is 0 Å². The topological polar surface area (TPSA) is 96.2 Å². The summed E-state index contributed by atoms with van der Waals surface area (Å²) in [4.78, 5) is 25.9. The summed E-state index contributed by atoms with van der Waals surface area (Å²) >= 11 is 1.52. The number of non-ortho nitro benzene ring substituents is 1. The van der Waals surface area contributed by atoms with E-state index in [4.69, 9.17) is 0 Å². The Hall–Kier alpha value is -3.06. The number of nitro benzene ring substituents is 1. The van der Waals surface area contributed by atoms with E-state index in [9.17, 15) is 20.0 Å². The average Bonchev–Trinajstić information content (AvgIpc) is 3.05. The molecule has 0 unspecified atom stereocenters. The quantitative estimate of drug-likeness (QED) is 0.469. The van der Waals surface area contributed by atoms with Crippen LogP contribution in [0.2, 0.25) is 0 Å². The highest BCUT2D eigenvalue weighted by atomic mass is 32.1. The monoisotopic (exact) mass is 367 g/mol. The molecule has 3 rings (SSSR count). The molecule has 0 aliphatic heterocycles. The van der Waals surface area contributed by atoms with Crippen LogP contribution in [0.1, 0.15) is 29.8 Å². The van der Waals surface area contributed by atoms with Crippen molar-refractivity contribution in [1.29, 1.82) is 0 Å². The number of carbonyl (C=O) groups excluding carboxylic acids is 1. The van der Waals surface area contributed by atoms with Crippen molar-refractivity contribution in [3.63, 3.8) is 0 Å². The lowest BCUT2D eigenvalue weighted by molar-refractivity contribution is -0.384. The molecule has 0 saturated carbocycles. The van der Waals surface area contributed by atoms with E-state index >= 15 is 0 Å². The second-order valence-electron chi connectivity index (χ2n) is 5.73. The van der Waals surface area contributed by atoms with E-state index in [0.717, 1.165) is 20.8 Å². The van der Waals surface area contributed by atoms with Crippen LogP contribution in [0.4, 0.5) is 5.69 Å². The molecule has 7 heteroatoms. The van der Waals surface area contributed by atoms with Crippen molar-refractivity contribution in [2.24, 2.45) is 0 Å². The fourth-order valence-electron chi connectivity index (χ4n) is 2.60. The van der Waals surface area contributed by atoms with Gasteiger partial charge in [-0.1, -0.05) is 24.3 Å². The van der Waals surface area contributed by atoms with Crippen LogP contribution < -0.4 is 5.11 Å². The number of thiazole rings is 1. The zero-order valence-corrected chi connectivity index (χ0v) is 14.6. The Morgan fingerprint density at radius 2 is 1.96 bits per heavy atom. The third-order valence-corrected chi connectivity index (χ3v) is 4.93. The third-order valence-electron chi connectivity index (χ3n) is 3.82. The largest absolute Gasteiger partial charge is 0.550 e. The van der Waals surface area contributed by atoms with Gasteiger partial charge in [-0.15, -0.1) is 11.3 Å². The summed E-state index contributed by atoms with van der Waals surface area (Å²) < 4.78 is 1.03. The molecule has 6 nitrogen and oxygen atoms in total. The van der Waals surface area contributed by atoms with Gasteiger partial charge in [0, 0.05) is 18.1 Å². The normalized spacial score (nSPS) is 11.6.